The number of amides is 1. The van der Waals surface area contributed by atoms with E-state index in [4.69, 9.17) is 5.11 Å². The molecule has 2 rings (SSSR count). The number of sulfone groups is 1. The lowest BCUT2D eigenvalue weighted by atomic mass is 10.1. The maximum absolute atomic E-state index is 12.2. The van der Waals surface area contributed by atoms with Gasteiger partial charge in [0.15, 0.2) is 15.4 Å². The van der Waals surface area contributed by atoms with Gasteiger partial charge in [0.05, 0.1) is 16.8 Å². The highest BCUT2D eigenvalue weighted by atomic mass is 32.2. The minimum atomic E-state index is -3.33. The van der Waals surface area contributed by atoms with Gasteiger partial charge in [0.2, 0.25) is 0 Å². The fraction of sp³-hybridized carbons (Fsp3) is 0.267. The number of carbonyl (C=O) groups is 2. The molecule has 1 aromatic heterocycles. The van der Waals surface area contributed by atoms with Crippen molar-refractivity contribution in [2.24, 2.45) is 0 Å². The first-order chi connectivity index (χ1) is 11.0. The second-order valence-electron chi connectivity index (χ2n) is 5.79. The summed E-state index contributed by atoms with van der Waals surface area (Å²) in [6.07, 6.45) is 3.84. The second-order valence-corrected chi connectivity index (χ2v) is 7.80. The van der Waals surface area contributed by atoms with Gasteiger partial charge in [-0.3, -0.25) is 9.48 Å². The van der Waals surface area contributed by atoms with Crippen LogP contribution in [0.3, 0.4) is 0 Å². The van der Waals surface area contributed by atoms with Crippen molar-refractivity contribution in [1.82, 2.24) is 9.78 Å². The van der Waals surface area contributed by atoms with Crippen molar-refractivity contribution in [3.05, 3.63) is 42.2 Å². The number of carbonyl (C=O) groups excluding carboxylic acids is 1. The van der Waals surface area contributed by atoms with Gasteiger partial charge in [0, 0.05) is 18.0 Å². The van der Waals surface area contributed by atoms with Crippen molar-refractivity contribution < 1.29 is 23.1 Å². The lowest BCUT2D eigenvalue weighted by Gasteiger charge is -2.19. The summed E-state index contributed by atoms with van der Waals surface area (Å²) >= 11 is 0. The molecule has 0 fully saturated rings. The van der Waals surface area contributed by atoms with E-state index in [0.717, 1.165) is 6.26 Å². The maximum Gasteiger partial charge on any atom is 0.331 e. The van der Waals surface area contributed by atoms with Gasteiger partial charge in [-0.25, -0.2) is 13.2 Å². The Kier molecular flexibility index (Phi) is 4.48. The Labute approximate surface area is 139 Å². The summed E-state index contributed by atoms with van der Waals surface area (Å²) in [7, 11) is -3.33. The third kappa shape index (κ3) is 3.62. The van der Waals surface area contributed by atoms with Crippen LogP contribution in [0.25, 0.3) is 0 Å². The van der Waals surface area contributed by atoms with Crippen LogP contribution < -0.4 is 5.32 Å². The van der Waals surface area contributed by atoms with E-state index in [1.807, 2.05) is 0 Å². The minimum absolute atomic E-state index is 0.120. The number of aromatic nitrogens is 2. The topological polar surface area (TPSA) is 118 Å². The molecule has 0 aliphatic carbocycles. The van der Waals surface area contributed by atoms with E-state index >= 15 is 0 Å². The molecule has 1 heterocycles. The summed E-state index contributed by atoms with van der Waals surface area (Å²) in [5, 5.41) is 15.7. The third-order valence-corrected chi connectivity index (χ3v) is 4.61. The zero-order chi connectivity index (χ0) is 18.1. The van der Waals surface area contributed by atoms with Gasteiger partial charge >= 0.3 is 5.97 Å². The quantitative estimate of drug-likeness (QED) is 0.839. The smallest absolute Gasteiger partial charge is 0.331 e. The minimum Gasteiger partial charge on any atom is -0.479 e. The van der Waals surface area contributed by atoms with Crippen LogP contribution in [0, 0.1) is 0 Å². The Hall–Kier alpha value is -2.68. The Morgan fingerprint density at radius 1 is 1.21 bits per heavy atom. The number of carboxylic acids is 1. The van der Waals surface area contributed by atoms with Crippen LogP contribution in [0.1, 0.15) is 24.2 Å². The second kappa shape index (κ2) is 6.08. The molecule has 24 heavy (non-hydrogen) atoms. The van der Waals surface area contributed by atoms with Crippen molar-refractivity contribution in [3.63, 3.8) is 0 Å². The zero-order valence-electron chi connectivity index (χ0n) is 13.3. The number of hydrogen-bond acceptors (Lipinski definition) is 5. The predicted octanol–water partition coefficient (Wildman–Crippen LogP) is 1.36. The van der Waals surface area contributed by atoms with E-state index in [1.165, 1.54) is 55.2 Å². The van der Waals surface area contributed by atoms with E-state index in [2.05, 4.69) is 10.4 Å². The number of nitrogens with one attached hydrogen (secondary N) is 1. The van der Waals surface area contributed by atoms with Gasteiger partial charge in [-0.15, -0.1) is 0 Å². The molecule has 2 N–H and O–H groups in total. The van der Waals surface area contributed by atoms with Crippen LogP contribution in [0.15, 0.2) is 41.6 Å². The molecular formula is C15H17N3O5S. The van der Waals surface area contributed by atoms with Crippen LogP contribution in [0.4, 0.5) is 5.69 Å². The highest BCUT2D eigenvalue weighted by Crippen LogP contribution is 2.18. The Balaban J connectivity index is 2.16. The first-order valence-electron chi connectivity index (χ1n) is 6.92. The van der Waals surface area contributed by atoms with Crippen molar-refractivity contribution in [2.75, 3.05) is 11.6 Å². The standard InChI is InChI=1S/C15H17N3O5S/c1-15(2,14(20)21)18-9-11(8-16-18)17-13(19)10-4-6-12(7-5-10)24(3,22)23/h4-9H,1-3H3,(H,17,19)(H,20,21). The summed E-state index contributed by atoms with van der Waals surface area (Å²) in [6.45, 7) is 2.97. The summed E-state index contributed by atoms with van der Waals surface area (Å²) in [5.41, 5.74) is -0.644. The number of aliphatic carboxylic acids is 1. The number of benzene rings is 1. The zero-order valence-corrected chi connectivity index (χ0v) is 14.2. The maximum atomic E-state index is 12.2. The Morgan fingerprint density at radius 3 is 2.29 bits per heavy atom. The molecule has 0 aliphatic heterocycles. The number of nitrogens with zero attached hydrogens (tertiary/aromatic N) is 2. The fourth-order valence-electron chi connectivity index (χ4n) is 1.85. The lowest BCUT2D eigenvalue weighted by Crippen LogP contribution is -2.35. The molecule has 0 spiro atoms. The van der Waals surface area contributed by atoms with E-state index < -0.39 is 27.3 Å². The van der Waals surface area contributed by atoms with Crippen LogP contribution >= 0.6 is 0 Å². The van der Waals surface area contributed by atoms with E-state index in [1.54, 1.807) is 0 Å². The SMILES string of the molecule is CC(C)(C(=O)O)n1cc(NC(=O)c2ccc(S(C)(=O)=O)cc2)cn1. The number of rotatable bonds is 5. The first-order valence-corrected chi connectivity index (χ1v) is 8.81. The molecule has 2 aromatic rings. The molecule has 0 bridgehead atoms. The third-order valence-electron chi connectivity index (χ3n) is 3.48. The number of carboxylic acid groups (broad SMARTS) is 1. The van der Waals surface area contributed by atoms with Crippen LogP contribution in [0.2, 0.25) is 0 Å². The summed E-state index contributed by atoms with van der Waals surface area (Å²) in [6, 6.07) is 5.50. The molecule has 0 unspecified atom stereocenters. The van der Waals surface area contributed by atoms with Gasteiger partial charge in [0.1, 0.15) is 0 Å². The van der Waals surface area contributed by atoms with Crippen LogP contribution in [-0.2, 0) is 20.2 Å². The average molecular weight is 351 g/mol. The lowest BCUT2D eigenvalue weighted by molar-refractivity contribution is -0.146. The molecule has 128 valence electrons. The van der Waals surface area contributed by atoms with Crippen LogP contribution in [0.5, 0.6) is 0 Å². The highest BCUT2D eigenvalue weighted by Gasteiger charge is 2.30. The van der Waals surface area contributed by atoms with Gasteiger partial charge in [-0.2, -0.15) is 5.10 Å². The average Bonchev–Trinajstić information content (AvgIpc) is 2.95. The number of hydrogen-bond donors (Lipinski definition) is 2. The predicted molar refractivity (Wildman–Crippen MR) is 86.7 cm³/mol. The van der Waals surface area contributed by atoms with E-state index in [-0.39, 0.29) is 10.5 Å². The summed E-state index contributed by atoms with van der Waals surface area (Å²) < 4.78 is 24.0. The largest absolute Gasteiger partial charge is 0.479 e. The first kappa shape index (κ1) is 17.7. The molecule has 0 saturated carbocycles. The normalized spacial score (nSPS) is 12.0. The number of anilines is 1. The van der Waals surface area contributed by atoms with Crippen molar-refractivity contribution in [2.45, 2.75) is 24.3 Å². The van der Waals surface area contributed by atoms with Crippen molar-refractivity contribution in [3.8, 4) is 0 Å². The molecule has 1 aromatic carbocycles. The van der Waals surface area contributed by atoms with E-state index in [9.17, 15) is 18.0 Å². The monoisotopic (exact) mass is 351 g/mol. The van der Waals surface area contributed by atoms with Gasteiger partial charge in [-0.1, -0.05) is 0 Å². The molecule has 0 saturated heterocycles. The van der Waals surface area contributed by atoms with Crippen molar-refractivity contribution >= 4 is 27.4 Å². The van der Waals surface area contributed by atoms with Gasteiger partial charge in [0.25, 0.3) is 5.91 Å². The summed E-state index contributed by atoms with van der Waals surface area (Å²) in [5.74, 6) is -1.51. The molecule has 0 atom stereocenters. The highest BCUT2D eigenvalue weighted by molar-refractivity contribution is 7.90. The van der Waals surface area contributed by atoms with Gasteiger partial charge in [-0.05, 0) is 38.1 Å². The molecular weight excluding hydrogens is 334 g/mol. The molecule has 0 radical (unpaired) electrons. The Bertz CT molecular complexity index is 882. The molecule has 0 aliphatic rings. The molecule has 9 heteroatoms. The van der Waals surface area contributed by atoms with Crippen LogP contribution in [-0.4, -0.2) is 41.4 Å². The Morgan fingerprint density at radius 2 is 1.79 bits per heavy atom. The molecule has 8 nitrogen and oxygen atoms in total. The van der Waals surface area contributed by atoms with E-state index in [0.29, 0.717) is 5.69 Å². The summed E-state index contributed by atoms with van der Waals surface area (Å²) in [4.78, 5) is 23.5. The van der Waals surface area contributed by atoms with Crippen molar-refractivity contribution in [1.29, 1.82) is 0 Å². The fourth-order valence-corrected chi connectivity index (χ4v) is 2.48. The van der Waals surface area contributed by atoms with Gasteiger partial charge < -0.3 is 10.4 Å². The molecule has 1 amide bonds.